The average Bonchev–Trinajstić information content (AvgIpc) is 2.46. The fraction of sp³-hybridized carbons (Fsp3) is 0.267. The minimum atomic E-state index is 0.310. The van der Waals surface area contributed by atoms with E-state index in [-0.39, 0.29) is 0 Å². The zero-order valence-corrected chi connectivity index (χ0v) is 12.8. The molecule has 1 aromatic carbocycles. The van der Waals surface area contributed by atoms with Gasteiger partial charge < -0.3 is 9.47 Å². The molecule has 0 unspecified atom stereocenters. The summed E-state index contributed by atoms with van der Waals surface area (Å²) in [5.74, 6) is 1.39. The molecular formula is C15H15Cl2NO2. The van der Waals surface area contributed by atoms with Gasteiger partial charge in [-0.1, -0.05) is 36.2 Å². The highest BCUT2D eigenvalue weighted by atomic mass is 35.5. The molecule has 0 saturated carbocycles. The van der Waals surface area contributed by atoms with Gasteiger partial charge in [0.2, 0.25) is 0 Å². The van der Waals surface area contributed by atoms with Crippen LogP contribution >= 0.6 is 23.2 Å². The normalized spacial score (nSPS) is 10.4. The van der Waals surface area contributed by atoms with Crippen molar-refractivity contribution in [3.63, 3.8) is 0 Å². The number of rotatable bonds is 5. The van der Waals surface area contributed by atoms with E-state index in [1.54, 1.807) is 19.4 Å². The molecule has 0 radical (unpaired) electrons. The number of aromatic nitrogens is 1. The summed E-state index contributed by atoms with van der Waals surface area (Å²) in [4.78, 5) is 3.99. The van der Waals surface area contributed by atoms with Crippen LogP contribution in [0.2, 0.25) is 10.2 Å². The third-order valence-corrected chi connectivity index (χ3v) is 3.47. The molecule has 0 aliphatic heterocycles. The molecule has 0 bridgehead atoms. The lowest BCUT2D eigenvalue weighted by atomic mass is 10.1. The van der Waals surface area contributed by atoms with Crippen molar-refractivity contribution < 1.29 is 9.47 Å². The molecule has 0 atom stereocenters. The molecule has 0 N–H and O–H groups in total. The van der Waals surface area contributed by atoms with Crippen molar-refractivity contribution in [1.29, 1.82) is 0 Å². The van der Waals surface area contributed by atoms with Crippen molar-refractivity contribution in [2.45, 2.75) is 20.0 Å². The van der Waals surface area contributed by atoms with Gasteiger partial charge in [-0.25, -0.2) is 4.98 Å². The Kier molecular flexibility index (Phi) is 5.10. The smallest absolute Gasteiger partial charge is 0.161 e. The standard InChI is InChI=1S/C15H15Cl2NO2/c1-3-10-4-5-13(14(6-10)19-2)20-9-11-8-18-15(17)7-12(11)16/h4-8H,3,9H2,1-2H3. The lowest BCUT2D eigenvalue weighted by Crippen LogP contribution is -1.99. The summed E-state index contributed by atoms with van der Waals surface area (Å²) >= 11 is 11.8. The van der Waals surface area contributed by atoms with E-state index in [2.05, 4.69) is 11.9 Å². The number of halogens is 2. The number of aryl methyl sites for hydroxylation is 1. The van der Waals surface area contributed by atoms with Gasteiger partial charge in [0.25, 0.3) is 0 Å². The Morgan fingerprint density at radius 1 is 1.15 bits per heavy atom. The highest BCUT2D eigenvalue weighted by Gasteiger charge is 2.08. The van der Waals surface area contributed by atoms with Gasteiger partial charge in [-0.3, -0.25) is 0 Å². The predicted molar refractivity (Wildman–Crippen MR) is 81.0 cm³/mol. The molecule has 0 aliphatic rings. The Labute approximate surface area is 128 Å². The third kappa shape index (κ3) is 3.56. The Morgan fingerprint density at radius 3 is 2.60 bits per heavy atom. The van der Waals surface area contributed by atoms with Crippen LogP contribution in [0.3, 0.4) is 0 Å². The number of ether oxygens (including phenoxy) is 2. The van der Waals surface area contributed by atoms with Crippen LogP contribution in [0.25, 0.3) is 0 Å². The topological polar surface area (TPSA) is 31.4 Å². The Bertz CT molecular complexity index is 602. The number of hydrogen-bond acceptors (Lipinski definition) is 3. The largest absolute Gasteiger partial charge is 0.493 e. The molecule has 0 amide bonds. The maximum Gasteiger partial charge on any atom is 0.161 e. The second-order valence-electron chi connectivity index (χ2n) is 4.23. The average molecular weight is 312 g/mol. The summed E-state index contributed by atoms with van der Waals surface area (Å²) in [6, 6.07) is 7.48. The highest BCUT2D eigenvalue weighted by molar-refractivity contribution is 6.34. The van der Waals surface area contributed by atoms with Gasteiger partial charge in [0, 0.05) is 11.8 Å². The lowest BCUT2D eigenvalue weighted by molar-refractivity contribution is 0.284. The lowest BCUT2D eigenvalue weighted by Gasteiger charge is -2.12. The van der Waals surface area contributed by atoms with Crippen molar-refractivity contribution in [2.24, 2.45) is 0 Å². The Hall–Kier alpha value is -1.45. The molecule has 1 heterocycles. The molecule has 2 aromatic rings. The molecule has 0 spiro atoms. The molecule has 20 heavy (non-hydrogen) atoms. The summed E-state index contributed by atoms with van der Waals surface area (Å²) in [5.41, 5.74) is 1.97. The maximum atomic E-state index is 6.08. The zero-order valence-electron chi connectivity index (χ0n) is 11.3. The Balaban J connectivity index is 2.14. The predicted octanol–water partition coefficient (Wildman–Crippen LogP) is 4.54. The van der Waals surface area contributed by atoms with Gasteiger partial charge in [-0.2, -0.15) is 0 Å². The fourth-order valence-corrected chi connectivity index (χ4v) is 2.17. The van der Waals surface area contributed by atoms with Crippen LogP contribution in [0.4, 0.5) is 0 Å². The number of methoxy groups -OCH3 is 1. The van der Waals surface area contributed by atoms with Gasteiger partial charge in [-0.15, -0.1) is 0 Å². The zero-order chi connectivity index (χ0) is 14.5. The minimum Gasteiger partial charge on any atom is -0.493 e. The van der Waals surface area contributed by atoms with Crippen molar-refractivity contribution in [1.82, 2.24) is 4.98 Å². The summed E-state index contributed by atoms with van der Waals surface area (Å²) in [7, 11) is 1.62. The van der Waals surface area contributed by atoms with E-state index in [1.807, 2.05) is 18.2 Å². The molecule has 1 aromatic heterocycles. The van der Waals surface area contributed by atoms with Crippen LogP contribution in [0.1, 0.15) is 18.1 Å². The monoisotopic (exact) mass is 311 g/mol. The van der Waals surface area contributed by atoms with E-state index in [4.69, 9.17) is 32.7 Å². The highest BCUT2D eigenvalue weighted by Crippen LogP contribution is 2.29. The van der Waals surface area contributed by atoms with Gasteiger partial charge in [0.1, 0.15) is 11.8 Å². The molecule has 3 nitrogen and oxygen atoms in total. The van der Waals surface area contributed by atoms with Crippen LogP contribution in [-0.4, -0.2) is 12.1 Å². The molecule has 0 saturated heterocycles. The Morgan fingerprint density at radius 2 is 1.95 bits per heavy atom. The molecule has 2 rings (SSSR count). The first kappa shape index (κ1) is 14.9. The van der Waals surface area contributed by atoms with E-state index in [0.717, 1.165) is 12.0 Å². The first-order chi connectivity index (χ1) is 9.63. The van der Waals surface area contributed by atoms with Crippen LogP contribution in [0, 0.1) is 0 Å². The van der Waals surface area contributed by atoms with Gasteiger partial charge >= 0.3 is 0 Å². The summed E-state index contributed by atoms with van der Waals surface area (Å²) in [5, 5.41) is 0.901. The molecule has 0 aliphatic carbocycles. The molecule has 106 valence electrons. The third-order valence-electron chi connectivity index (χ3n) is 2.92. The van der Waals surface area contributed by atoms with E-state index < -0.39 is 0 Å². The van der Waals surface area contributed by atoms with E-state index in [1.165, 1.54) is 5.56 Å². The van der Waals surface area contributed by atoms with E-state index in [0.29, 0.717) is 28.3 Å². The van der Waals surface area contributed by atoms with Crippen molar-refractivity contribution in [3.05, 3.63) is 51.8 Å². The number of hydrogen-bond donors (Lipinski definition) is 0. The quantitative estimate of drug-likeness (QED) is 0.760. The van der Waals surface area contributed by atoms with Gasteiger partial charge in [0.15, 0.2) is 11.5 Å². The summed E-state index contributed by atoms with van der Waals surface area (Å²) < 4.78 is 11.1. The van der Waals surface area contributed by atoms with Crippen molar-refractivity contribution in [2.75, 3.05) is 7.11 Å². The molecule has 0 fully saturated rings. The van der Waals surface area contributed by atoms with Crippen LogP contribution in [0.5, 0.6) is 11.5 Å². The van der Waals surface area contributed by atoms with Crippen LogP contribution in [-0.2, 0) is 13.0 Å². The van der Waals surface area contributed by atoms with E-state index in [9.17, 15) is 0 Å². The number of benzene rings is 1. The fourth-order valence-electron chi connectivity index (χ4n) is 1.75. The maximum absolute atomic E-state index is 6.08. The second-order valence-corrected chi connectivity index (χ2v) is 5.02. The first-order valence-electron chi connectivity index (χ1n) is 6.23. The minimum absolute atomic E-state index is 0.310. The molecule has 5 heteroatoms. The van der Waals surface area contributed by atoms with E-state index >= 15 is 0 Å². The SMILES string of the molecule is CCc1ccc(OCc2cnc(Cl)cc2Cl)c(OC)c1. The van der Waals surface area contributed by atoms with Gasteiger partial charge in [0.05, 0.1) is 12.1 Å². The van der Waals surface area contributed by atoms with Crippen molar-refractivity contribution >= 4 is 23.2 Å². The summed E-state index contributed by atoms with van der Waals surface area (Å²) in [6.07, 6.45) is 2.56. The van der Waals surface area contributed by atoms with Crippen LogP contribution < -0.4 is 9.47 Å². The molecular weight excluding hydrogens is 297 g/mol. The van der Waals surface area contributed by atoms with Crippen molar-refractivity contribution in [3.8, 4) is 11.5 Å². The number of nitrogens with zero attached hydrogens (tertiary/aromatic N) is 1. The first-order valence-corrected chi connectivity index (χ1v) is 6.99. The summed E-state index contributed by atoms with van der Waals surface area (Å²) in [6.45, 7) is 2.40. The number of pyridine rings is 1. The van der Waals surface area contributed by atoms with Crippen LogP contribution in [0.15, 0.2) is 30.5 Å². The van der Waals surface area contributed by atoms with Gasteiger partial charge in [-0.05, 0) is 30.2 Å². The second kappa shape index (κ2) is 6.82.